The van der Waals surface area contributed by atoms with Gasteiger partial charge in [0, 0.05) is 17.5 Å². The molecule has 2 fully saturated rings. The van der Waals surface area contributed by atoms with Crippen molar-refractivity contribution < 1.29 is 18.0 Å². The van der Waals surface area contributed by atoms with E-state index in [-0.39, 0.29) is 23.2 Å². The Morgan fingerprint density at radius 3 is 2.88 bits per heavy atom. The van der Waals surface area contributed by atoms with E-state index >= 15 is 0 Å². The number of benzene rings is 1. The van der Waals surface area contributed by atoms with E-state index in [1.54, 1.807) is 12.1 Å². The summed E-state index contributed by atoms with van der Waals surface area (Å²) < 4.78 is 39.2. The Bertz CT molecular complexity index is 759. The molecular formula is C19H21ClF2N2O2. The van der Waals surface area contributed by atoms with Crippen LogP contribution >= 0.6 is 11.6 Å². The smallest absolute Gasteiger partial charge is 0.145 e. The fraction of sp³-hybridized carbons (Fsp3) is 0.526. The van der Waals surface area contributed by atoms with Gasteiger partial charge in [0.05, 0.1) is 23.8 Å². The molecule has 2 atom stereocenters. The zero-order chi connectivity index (χ0) is 18.1. The molecule has 0 radical (unpaired) electrons. The molecule has 1 aliphatic carbocycles. The van der Waals surface area contributed by atoms with Crippen molar-refractivity contribution >= 4 is 11.6 Å². The monoisotopic (exact) mass is 382 g/mol. The van der Waals surface area contributed by atoms with Gasteiger partial charge in [0.2, 0.25) is 0 Å². The molecule has 26 heavy (non-hydrogen) atoms. The molecule has 1 saturated carbocycles. The minimum Gasteiger partial charge on any atom is -0.375 e. The summed E-state index contributed by atoms with van der Waals surface area (Å²) in [5, 5.41) is 7.64. The summed E-state index contributed by atoms with van der Waals surface area (Å²) in [7, 11) is 0. The SMILES string of the molecule is Fc1cccc(Cl)c1-c1noc(C2CC2)c1COCC1CC(F)CCN1. The third kappa shape index (κ3) is 3.77. The molecule has 1 N–H and O–H groups in total. The minimum absolute atomic E-state index is 0.0107. The average Bonchev–Trinajstić information content (AvgIpc) is 3.37. The standard InChI is InChI=1S/C19H21ClF2N2O2/c20-15-2-1-3-16(22)17(15)18-14(19(26-24-18)11-4-5-11)10-25-9-13-8-12(21)6-7-23-13/h1-3,11-13,23H,4-10H2. The van der Waals surface area contributed by atoms with Crippen LogP contribution in [0.3, 0.4) is 0 Å². The lowest BCUT2D eigenvalue weighted by atomic mass is 10.0. The minimum atomic E-state index is -0.782. The Kier molecular flexibility index (Phi) is 5.25. The Labute approximate surface area is 155 Å². The van der Waals surface area contributed by atoms with E-state index in [0.29, 0.717) is 37.6 Å². The van der Waals surface area contributed by atoms with Gasteiger partial charge in [-0.05, 0) is 44.4 Å². The summed E-state index contributed by atoms with van der Waals surface area (Å²) in [5.74, 6) is 0.617. The number of rotatable bonds is 6. The number of nitrogens with zero attached hydrogens (tertiary/aromatic N) is 1. The van der Waals surface area contributed by atoms with Crippen molar-refractivity contribution in [1.82, 2.24) is 10.5 Å². The van der Waals surface area contributed by atoms with E-state index in [4.69, 9.17) is 20.9 Å². The molecule has 1 saturated heterocycles. The van der Waals surface area contributed by atoms with Crippen molar-refractivity contribution in [2.75, 3.05) is 13.2 Å². The molecule has 1 aromatic carbocycles. The van der Waals surface area contributed by atoms with Gasteiger partial charge in [-0.15, -0.1) is 0 Å². The lowest BCUT2D eigenvalue weighted by Gasteiger charge is -2.25. The number of hydrogen-bond donors (Lipinski definition) is 1. The summed E-state index contributed by atoms with van der Waals surface area (Å²) in [6.07, 6.45) is 2.27. The molecule has 2 aliphatic rings. The van der Waals surface area contributed by atoms with Crippen LogP contribution in [-0.4, -0.2) is 30.5 Å². The van der Waals surface area contributed by atoms with Crippen LogP contribution in [0.1, 0.15) is 42.9 Å². The highest BCUT2D eigenvalue weighted by Crippen LogP contribution is 2.45. The van der Waals surface area contributed by atoms with Gasteiger partial charge in [-0.1, -0.05) is 22.8 Å². The zero-order valence-corrected chi connectivity index (χ0v) is 15.1. The van der Waals surface area contributed by atoms with Gasteiger partial charge in [-0.2, -0.15) is 0 Å². The molecule has 4 nitrogen and oxygen atoms in total. The molecule has 1 aromatic heterocycles. The summed E-state index contributed by atoms with van der Waals surface area (Å²) >= 11 is 6.20. The molecule has 0 bridgehead atoms. The van der Waals surface area contributed by atoms with Crippen LogP contribution in [0.4, 0.5) is 8.78 Å². The van der Waals surface area contributed by atoms with Gasteiger partial charge in [-0.25, -0.2) is 8.78 Å². The lowest BCUT2D eigenvalue weighted by molar-refractivity contribution is 0.0766. The molecule has 2 unspecified atom stereocenters. The second-order valence-electron chi connectivity index (χ2n) is 7.03. The van der Waals surface area contributed by atoms with Crippen LogP contribution in [0.2, 0.25) is 5.02 Å². The third-order valence-corrected chi connectivity index (χ3v) is 5.28. The normalized spacial score (nSPS) is 23.3. The van der Waals surface area contributed by atoms with Gasteiger partial charge in [-0.3, -0.25) is 0 Å². The van der Waals surface area contributed by atoms with Crippen molar-refractivity contribution in [2.45, 2.75) is 50.4 Å². The van der Waals surface area contributed by atoms with E-state index in [1.165, 1.54) is 6.07 Å². The summed E-state index contributed by atoms with van der Waals surface area (Å²) in [6, 6.07) is 4.53. The third-order valence-electron chi connectivity index (χ3n) is 4.96. The lowest BCUT2D eigenvalue weighted by Crippen LogP contribution is -2.41. The predicted octanol–water partition coefficient (Wildman–Crippen LogP) is 4.62. The highest BCUT2D eigenvalue weighted by atomic mass is 35.5. The predicted molar refractivity (Wildman–Crippen MR) is 94.5 cm³/mol. The largest absolute Gasteiger partial charge is 0.375 e. The number of ether oxygens (including phenoxy) is 1. The van der Waals surface area contributed by atoms with Gasteiger partial charge in [0.1, 0.15) is 23.4 Å². The van der Waals surface area contributed by atoms with Gasteiger partial charge in [0.25, 0.3) is 0 Å². The molecule has 0 amide bonds. The maximum absolute atomic E-state index is 14.3. The summed E-state index contributed by atoms with van der Waals surface area (Å²) in [4.78, 5) is 0. The number of hydrogen-bond acceptors (Lipinski definition) is 4. The van der Waals surface area contributed by atoms with Crippen molar-refractivity contribution in [1.29, 1.82) is 0 Å². The summed E-state index contributed by atoms with van der Waals surface area (Å²) in [6.45, 7) is 1.29. The van der Waals surface area contributed by atoms with Gasteiger partial charge in [0.15, 0.2) is 0 Å². The van der Waals surface area contributed by atoms with Crippen LogP contribution in [-0.2, 0) is 11.3 Å². The maximum atomic E-state index is 14.3. The quantitative estimate of drug-likeness (QED) is 0.792. The first-order valence-corrected chi connectivity index (χ1v) is 9.39. The van der Waals surface area contributed by atoms with Crippen LogP contribution in [0.25, 0.3) is 11.3 Å². The topological polar surface area (TPSA) is 47.3 Å². The van der Waals surface area contributed by atoms with Crippen molar-refractivity contribution in [3.05, 3.63) is 40.4 Å². The Morgan fingerprint density at radius 2 is 2.15 bits per heavy atom. The highest BCUT2D eigenvalue weighted by Gasteiger charge is 2.33. The van der Waals surface area contributed by atoms with Crippen molar-refractivity contribution in [2.24, 2.45) is 0 Å². The average molecular weight is 383 g/mol. The first kappa shape index (κ1) is 17.9. The van der Waals surface area contributed by atoms with Crippen LogP contribution in [0.5, 0.6) is 0 Å². The number of alkyl halides is 1. The molecule has 2 aromatic rings. The van der Waals surface area contributed by atoms with Gasteiger partial charge < -0.3 is 14.6 Å². The molecule has 2 heterocycles. The summed E-state index contributed by atoms with van der Waals surface area (Å²) in [5.41, 5.74) is 1.38. The number of piperidine rings is 1. The fourth-order valence-corrected chi connectivity index (χ4v) is 3.68. The van der Waals surface area contributed by atoms with Crippen molar-refractivity contribution in [3.8, 4) is 11.3 Å². The highest BCUT2D eigenvalue weighted by molar-refractivity contribution is 6.33. The Balaban J connectivity index is 1.53. The van der Waals surface area contributed by atoms with E-state index in [1.807, 2.05) is 0 Å². The van der Waals surface area contributed by atoms with Crippen LogP contribution in [0.15, 0.2) is 22.7 Å². The van der Waals surface area contributed by atoms with Gasteiger partial charge >= 0.3 is 0 Å². The molecule has 0 spiro atoms. The maximum Gasteiger partial charge on any atom is 0.145 e. The van der Waals surface area contributed by atoms with E-state index in [0.717, 1.165) is 24.2 Å². The van der Waals surface area contributed by atoms with Crippen LogP contribution in [0, 0.1) is 5.82 Å². The zero-order valence-electron chi connectivity index (χ0n) is 14.3. The second kappa shape index (κ2) is 7.62. The van der Waals surface area contributed by atoms with Crippen LogP contribution < -0.4 is 5.32 Å². The number of nitrogens with one attached hydrogen (secondary N) is 1. The molecule has 4 rings (SSSR count). The molecular weight excluding hydrogens is 362 g/mol. The Hall–Kier alpha value is -1.50. The van der Waals surface area contributed by atoms with Crippen molar-refractivity contribution in [3.63, 3.8) is 0 Å². The van der Waals surface area contributed by atoms with E-state index < -0.39 is 12.0 Å². The molecule has 1 aliphatic heterocycles. The molecule has 140 valence electrons. The fourth-order valence-electron chi connectivity index (χ4n) is 3.43. The number of halogens is 3. The first-order chi connectivity index (χ1) is 12.6. The first-order valence-electron chi connectivity index (χ1n) is 9.01. The Morgan fingerprint density at radius 1 is 1.31 bits per heavy atom. The second-order valence-corrected chi connectivity index (χ2v) is 7.44. The number of aromatic nitrogens is 1. The van der Waals surface area contributed by atoms with E-state index in [2.05, 4.69) is 10.5 Å². The molecule has 7 heteroatoms. The van der Waals surface area contributed by atoms with E-state index in [9.17, 15) is 8.78 Å².